The zero-order valence-electron chi connectivity index (χ0n) is 21.9. The second-order valence-corrected chi connectivity index (χ2v) is 10.2. The predicted molar refractivity (Wildman–Crippen MR) is 153 cm³/mol. The van der Waals surface area contributed by atoms with Gasteiger partial charge in [0.1, 0.15) is 11.5 Å². The zero-order valence-corrected chi connectivity index (χ0v) is 21.9. The first-order valence-corrected chi connectivity index (χ1v) is 13.0. The van der Waals surface area contributed by atoms with Gasteiger partial charge in [-0.05, 0) is 68.1 Å². The first-order chi connectivity index (χ1) is 17.9. The van der Waals surface area contributed by atoms with Crippen molar-refractivity contribution in [2.75, 3.05) is 44.3 Å². The molecule has 0 spiro atoms. The van der Waals surface area contributed by atoms with Crippen LogP contribution in [-0.2, 0) is 6.42 Å². The van der Waals surface area contributed by atoms with E-state index in [1.807, 2.05) is 30.6 Å². The van der Waals surface area contributed by atoms with E-state index in [0.717, 1.165) is 82.9 Å². The summed E-state index contributed by atoms with van der Waals surface area (Å²) < 4.78 is 0. The van der Waals surface area contributed by atoms with Crippen molar-refractivity contribution in [3.63, 3.8) is 0 Å². The van der Waals surface area contributed by atoms with Crippen molar-refractivity contribution in [2.45, 2.75) is 26.2 Å². The number of aromatic amines is 1. The Bertz CT molecular complexity index is 1320. The van der Waals surface area contributed by atoms with E-state index in [1.54, 1.807) is 0 Å². The Morgan fingerprint density at radius 2 is 1.95 bits per heavy atom. The topological polar surface area (TPSA) is 86.1 Å². The molecule has 1 aliphatic carbocycles. The molecule has 192 valence electrons. The van der Waals surface area contributed by atoms with Crippen LogP contribution in [0, 0.1) is 12.8 Å². The Morgan fingerprint density at radius 3 is 2.68 bits per heavy atom. The maximum Gasteiger partial charge on any atom is 0.111 e. The van der Waals surface area contributed by atoms with Gasteiger partial charge in [0, 0.05) is 61.4 Å². The monoisotopic (exact) mass is 495 g/mol. The van der Waals surface area contributed by atoms with Gasteiger partial charge in [-0.25, -0.2) is 4.98 Å². The maximum absolute atomic E-state index is 6.41. The largest absolute Gasteiger partial charge is 0.398 e. The Balaban J connectivity index is 1.37. The molecule has 3 aromatic rings. The number of piperazine rings is 1. The number of nitrogen functional groups attached to an aromatic ring is 1. The highest BCUT2D eigenvalue weighted by atomic mass is 15.3. The molecule has 1 saturated heterocycles. The number of nitrogens with two attached hydrogens (primary N) is 1. The molecule has 37 heavy (non-hydrogen) atoms. The molecule has 7 nitrogen and oxygen atoms in total. The number of pyridine rings is 1. The van der Waals surface area contributed by atoms with Crippen LogP contribution >= 0.6 is 0 Å². The van der Waals surface area contributed by atoms with Gasteiger partial charge in [0.25, 0.3) is 0 Å². The summed E-state index contributed by atoms with van der Waals surface area (Å²) in [6.45, 7) is 14.2. The van der Waals surface area contributed by atoms with E-state index < -0.39 is 0 Å². The highest BCUT2D eigenvalue weighted by Crippen LogP contribution is 2.36. The maximum atomic E-state index is 6.41. The highest BCUT2D eigenvalue weighted by Gasteiger charge is 2.25. The smallest absolute Gasteiger partial charge is 0.111 e. The lowest BCUT2D eigenvalue weighted by molar-refractivity contribution is 0.207. The molecule has 1 aromatic carbocycles. The van der Waals surface area contributed by atoms with Gasteiger partial charge in [-0.2, -0.15) is 0 Å². The molecule has 2 fully saturated rings. The van der Waals surface area contributed by atoms with E-state index in [9.17, 15) is 0 Å². The molecule has 0 amide bonds. The van der Waals surface area contributed by atoms with Crippen LogP contribution in [0.1, 0.15) is 35.6 Å². The number of anilines is 2. The van der Waals surface area contributed by atoms with Crippen LogP contribution in [0.3, 0.4) is 0 Å². The standard InChI is InChI=1S/C30H37N7/c1-5-6-28(37-13-11-36(4)12-14-37)30-21(3)34-29(35-30)17-24-15-23(9-10-27(24)31)25-16-26(19-32-18-25)33-20(2)22-7-8-22/h5-6,9-10,15-16,18-19,22,33H,1-2,7-8,11-14,17,31H2,3-4H3,(H,34,35)/b28-6+. The van der Waals surface area contributed by atoms with E-state index >= 15 is 0 Å². The van der Waals surface area contributed by atoms with E-state index in [1.165, 1.54) is 12.8 Å². The molecule has 3 heterocycles. The number of benzene rings is 1. The van der Waals surface area contributed by atoms with Gasteiger partial charge in [0.2, 0.25) is 0 Å². The van der Waals surface area contributed by atoms with Crippen molar-refractivity contribution in [1.82, 2.24) is 24.8 Å². The van der Waals surface area contributed by atoms with Gasteiger partial charge in [-0.1, -0.05) is 25.3 Å². The number of allylic oxidation sites excluding steroid dienone is 3. The van der Waals surface area contributed by atoms with E-state index in [2.05, 4.69) is 70.4 Å². The number of nitrogens with zero attached hydrogens (tertiary/aromatic N) is 4. The number of rotatable bonds is 9. The van der Waals surface area contributed by atoms with Crippen LogP contribution in [-0.4, -0.2) is 58.0 Å². The van der Waals surface area contributed by atoms with Gasteiger partial charge >= 0.3 is 0 Å². The lowest BCUT2D eigenvalue weighted by Gasteiger charge is -2.35. The molecule has 4 N–H and O–H groups in total. The van der Waals surface area contributed by atoms with Crippen molar-refractivity contribution >= 4 is 17.1 Å². The van der Waals surface area contributed by atoms with Crippen molar-refractivity contribution in [3.8, 4) is 11.1 Å². The number of aryl methyl sites for hydroxylation is 1. The second kappa shape index (κ2) is 10.6. The SMILES string of the molecule is C=C/C=C(\c1nc(Cc2cc(-c3cncc(NC(=C)C4CC4)c3)ccc2N)[nH]c1C)N1CCN(C)CC1. The summed E-state index contributed by atoms with van der Waals surface area (Å²) in [4.78, 5) is 17.7. The number of hydrogen-bond donors (Lipinski definition) is 3. The minimum absolute atomic E-state index is 0.589. The molecule has 5 rings (SSSR count). The summed E-state index contributed by atoms with van der Waals surface area (Å²) in [6, 6.07) is 8.28. The summed E-state index contributed by atoms with van der Waals surface area (Å²) >= 11 is 0. The van der Waals surface area contributed by atoms with E-state index in [0.29, 0.717) is 12.3 Å². The lowest BCUT2D eigenvalue weighted by atomic mass is 10.0. The molecular formula is C30H37N7. The summed E-state index contributed by atoms with van der Waals surface area (Å²) in [5.74, 6) is 1.49. The van der Waals surface area contributed by atoms with Crippen LogP contribution in [0.15, 0.2) is 67.7 Å². The Morgan fingerprint density at radius 1 is 1.16 bits per heavy atom. The van der Waals surface area contributed by atoms with Crippen LogP contribution in [0.25, 0.3) is 16.8 Å². The third-order valence-electron chi connectivity index (χ3n) is 7.24. The van der Waals surface area contributed by atoms with Gasteiger partial charge in [-0.3, -0.25) is 4.98 Å². The van der Waals surface area contributed by atoms with Crippen LogP contribution in [0.4, 0.5) is 11.4 Å². The zero-order chi connectivity index (χ0) is 25.9. The van der Waals surface area contributed by atoms with Gasteiger partial charge in [0.15, 0.2) is 0 Å². The summed E-state index contributed by atoms with van der Waals surface area (Å²) in [5.41, 5.74) is 15.5. The van der Waals surface area contributed by atoms with Gasteiger partial charge < -0.3 is 25.8 Å². The molecule has 1 saturated carbocycles. The van der Waals surface area contributed by atoms with E-state index in [-0.39, 0.29) is 0 Å². The molecule has 1 aliphatic heterocycles. The highest BCUT2D eigenvalue weighted by molar-refractivity contribution is 5.71. The number of aromatic nitrogens is 3. The number of H-pyrrole nitrogens is 1. The number of likely N-dealkylation sites (N-methyl/N-ethyl adjacent to an activating group) is 1. The van der Waals surface area contributed by atoms with E-state index in [4.69, 9.17) is 10.7 Å². The van der Waals surface area contributed by atoms with Crippen molar-refractivity contribution in [2.24, 2.45) is 5.92 Å². The average molecular weight is 496 g/mol. The lowest BCUT2D eigenvalue weighted by Crippen LogP contribution is -2.43. The summed E-state index contributed by atoms with van der Waals surface area (Å²) in [7, 11) is 2.17. The fourth-order valence-corrected chi connectivity index (χ4v) is 4.85. The Labute approximate surface area is 219 Å². The molecule has 0 radical (unpaired) electrons. The van der Waals surface area contributed by atoms with Crippen molar-refractivity contribution < 1.29 is 0 Å². The molecule has 2 aliphatic rings. The molecule has 2 aromatic heterocycles. The first-order valence-electron chi connectivity index (χ1n) is 13.0. The fraction of sp³-hybridized carbons (Fsp3) is 0.333. The van der Waals surface area contributed by atoms with Crippen molar-refractivity contribution in [1.29, 1.82) is 0 Å². The van der Waals surface area contributed by atoms with Crippen LogP contribution in [0.5, 0.6) is 0 Å². The normalized spacial score (nSPS) is 16.6. The van der Waals surface area contributed by atoms with Gasteiger partial charge in [0.05, 0.1) is 17.6 Å². The Kier molecular flexibility index (Phi) is 7.15. The quantitative estimate of drug-likeness (QED) is 0.284. The fourth-order valence-electron chi connectivity index (χ4n) is 4.85. The van der Waals surface area contributed by atoms with Crippen LogP contribution < -0.4 is 11.1 Å². The predicted octanol–water partition coefficient (Wildman–Crippen LogP) is 5.06. The minimum atomic E-state index is 0.589. The first kappa shape index (κ1) is 24.8. The third kappa shape index (κ3) is 5.78. The second-order valence-electron chi connectivity index (χ2n) is 10.2. The number of hydrogen-bond acceptors (Lipinski definition) is 6. The van der Waals surface area contributed by atoms with Crippen molar-refractivity contribution in [3.05, 3.63) is 90.4 Å². The number of nitrogens with one attached hydrogen (secondary N) is 2. The molecule has 0 unspecified atom stereocenters. The Hall–Kier alpha value is -3.84. The molecular weight excluding hydrogens is 458 g/mol. The van der Waals surface area contributed by atoms with Gasteiger partial charge in [-0.15, -0.1) is 0 Å². The van der Waals surface area contributed by atoms with Crippen LogP contribution in [0.2, 0.25) is 0 Å². The molecule has 7 heteroatoms. The third-order valence-corrected chi connectivity index (χ3v) is 7.24. The minimum Gasteiger partial charge on any atom is -0.398 e. The number of imidazole rings is 1. The summed E-state index contributed by atoms with van der Waals surface area (Å²) in [5, 5.41) is 3.42. The summed E-state index contributed by atoms with van der Waals surface area (Å²) in [6.07, 6.45) is 10.7. The average Bonchev–Trinajstić information content (AvgIpc) is 3.68. The molecule has 0 atom stereocenters. The molecule has 0 bridgehead atoms.